The molecule has 1 saturated heterocycles. The molecule has 0 saturated carbocycles. The van der Waals surface area contributed by atoms with Gasteiger partial charge in [0.15, 0.2) is 6.29 Å². The first-order valence-electron chi connectivity index (χ1n) is 4.20. The average molecular weight is 244 g/mol. The van der Waals surface area contributed by atoms with Crippen LogP contribution in [-0.4, -0.2) is 56.3 Å². The van der Waals surface area contributed by atoms with Crippen LogP contribution in [0.4, 0.5) is 0 Å². The van der Waals surface area contributed by atoms with E-state index in [1.807, 2.05) is 0 Å². The smallest absolute Gasteiger partial charge is 0.394 e. The van der Waals surface area contributed by atoms with Crippen LogP contribution < -0.4 is 0 Å². The Morgan fingerprint density at radius 2 is 2.00 bits per heavy atom. The van der Waals surface area contributed by atoms with E-state index < -0.39 is 39.0 Å². The molecule has 0 aromatic carbocycles. The predicted molar refractivity (Wildman–Crippen MR) is 45.5 cm³/mol. The summed E-state index contributed by atoms with van der Waals surface area (Å²) in [6.07, 6.45) is -5.30. The maximum atomic E-state index is 10.5. The van der Waals surface area contributed by atoms with Gasteiger partial charge in [0.1, 0.15) is 12.2 Å². The van der Waals surface area contributed by atoms with Gasteiger partial charge in [0, 0.05) is 6.42 Å². The fraction of sp³-hybridized carbons (Fsp3) is 1.00. The number of phosphoric ester groups is 1. The first-order valence-corrected chi connectivity index (χ1v) is 5.73. The third-order valence-corrected chi connectivity index (χ3v) is 2.48. The second-order valence-corrected chi connectivity index (χ2v) is 4.37. The second-order valence-electron chi connectivity index (χ2n) is 3.18. The third-order valence-electron chi connectivity index (χ3n) is 1.97. The predicted octanol–water partition coefficient (Wildman–Crippen LogP) is -2.08. The molecule has 1 rings (SSSR count). The van der Waals surface area contributed by atoms with Crippen LogP contribution in [0.15, 0.2) is 0 Å². The Morgan fingerprint density at radius 1 is 1.40 bits per heavy atom. The molecule has 1 aliphatic heterocycles. The molecular weight excluding hydrogens is 231 g/mol. The summed E-state index contributed by atoms with van der Waals surface area (Å²) in [5.74, 6) is 0. The minimum absolute atomic E-state index is 0.275. The van der Waals surface area contributed by atoms with Crippen molar-refractivity contribution in [1.29, 1.82) is 0 Å². The van der Waals surface area contributed by atoms with Crippen molar-refractivity contribution in [2.45, 2.75) is 31.0 Å². The van der Waals surface area contributed by atoms with Crippen LogP contribution in [0.2, 0.25) is 0 Å². The van der Waals surface area contributed by atoms with Crippen molar-refractivity contribution in [2.24, 2.45) is 0 Å². The summed E-state index contributed by atoms with van der Waals surface area (Å²) in [7, 11) is -4.72. The first-order chi connectivity index (χ1) is 6.83. The molecule has 0 unspecified atom stereocenters. The van der Waals surface area contributed by atoms with Crippen molar-refractivity contribution in [3.63, 3.8) is 0 Å². The highest BCUT2D eigenvalue weighted by Gasteiger charge is 2.39. The zero-order valence-corrected chi connectivity index (χ0v) is 8.53. The van der Waals surface area contributed by atoms with Gasteiger partial charge in [-0.2, -0.15) is 0 Å². The van der Waals surface area contributed by atoms with Crippen molar-refractivity contribution in [3.05, 3.63) is 0 Å². The molecule has 0 amide bonds. The third kappa shape index (κ3) is 3.78. The van der Waals surface area contributed by atoms with Gasteiger partial charge >= 0.3 is 7.82 Å². The van der Waals surface area contributed by atoms with E-state index in [0.29, 0.717) is 0 Å². The van der Waals surface area contributed by atoms with Crippen molar-refractivity contribution in [1.82, 2.24) is 0 Å². The Hall–Kier alpha value is -0.0500. The van der Waals surface area contributed by atoms with Crippen molar-refractivity contribution in [2.75, 3.05) is 6.61 Å². The van der Waals surface area contributed by atoms with Gasteiger partial charge in [-0.05, 0) is 0 Å². The highest BCUT2D eigenvalue weighted by atomic mass is 31.2. The molecule has 1 aliphatic rings. The zero-order valence-electron chi connectivity index (χ0n) is 7.63. The quantitative estimate of drug-likeness (QED) is 0.357. The number of rotatable bonds is 3. The van der Waals surface area contributed by atoms with Crippen LogP contribution in [0.3, 0.4) is 0 Å². The lowest BCUT2D eigenvalue weighted by molar-refractivity contribution is -0.233. The molecule has 0 bridgehead atoms. The normalized spacial score (nSPS) is 37.9. The van der Waals surface area contributed by atoms with Gasteiger partial charge in [0.05, 0.1) is 12.7 Å². The molecule has 8 nitrogen and oxygen atoms in total. The summed E-state index contributed by atoms with van der Waals surface area (Å²) in [6, 6.07) is 0. The summed E-state index contributed by atoms with van der Waals surface area (Å²) in [5, 5.41) is 27.3. The zero-order chi connectivity index (χ0) is 11.6. The first kappa shape index (κ1) is 13.0. The lowest BCUT2D eigenvalue weighted by atomic mass is 10.0. The maximum absolute atomic E-state index is 10.5. The highest BCUT2D eigenvalue weighted by Crippen LogP contribution is 2.40. The number of hydrogen-bond acceptors (Lipinski definition) is 6. The second kappa shape index (κ2) is 4.86. The fourth-order valence-electron chi connectivity index (χ4n) is 1.29. The molecule has 0 aliphatic carbocycles. The maximum Gasteiger partial charge on any atom is 0.471 e. The number of phosphoric acid groups is 1. The van der Waals surface area contributed by atoms with Crippen LogP contribution in [0.5, 0.6) is 0 Å². The molecule has 15 heavy (non-hydrogen) atoms. The Balaban J connectivity index is 2.59. The Labute approximate surface area is 85.3 Å². The Kier molecular flexibility index (Phi) is 4.21. The van der Waals surface area contributed by atoms with E-state index in [9.17, 15) is 14.8 Å². The van der Waals surface area contributed by atoms with Gasteiger partial charge in [-0.1, -0.05) is 0 Å². The lowest BCUT2D eigenvalue weighted by Gasteiger charge is -2.35. The standard InChI is InChI=1S/C6H13O8P/c7-2-4-6(9)3(8)1-5(13-4)14-15(10,11)12/h3-9H,1-2H2,(H2,10,11,12)/t3-,4+,5+,6+/m0/s1. The number of ether oxygens (including phenoxy) is 1. The molecule has 90 valence electrons. The van der Waals surface area contributed by atoms with Gasteiger partial charge in [-0.25, -0.2) is 4.57 Å². The molecule has 4 atom stereocenters. The van der Waals surface area contributed by atoms with Crippen molar-refractivity contribution in [3.8, 4) is 0 Å². The molecule has 1 heterocycles. The van der Waals surface area contributed by atoms with Gasteiger partial charge in [-0.3, -0.25) is 4.52 Å². The monoisotopic (exact) mass is 244 g/mol. The average Bonchev–Trinajstić information content (AvgIpc) is 2.08. The van der Waals surface area contributed by atoms with Crippen LogP contribution in [0, 0.1) is 0 Å². The number of hydrogen-bond donors (Lipinski definition) is 5. The van der Waals surface area contributed by atoms with E-state index in [-0.39, 0.29) is 6.42 Å². The van der Waals surface area contributed by atoms with E-state index in [2.05, 4.69) is 4.52 Å². The van der Waals surface area contributed by atoms with Gasteiger partial charge in [0.25, 0.3) is 0 Å². The Morgan fingerprint density at radius 3 is 2.47 bits per heavy atom. The summed E-state index contributed by atoms with van der Waals surface area (Å²) >= 11 is 0. The Bertz CT molecular complexity index is 252. The number of aliphatic hydroxyl groups is 3. The molecule has 0 aromatic rings. The van der Waals surface area contributed by atoms with Crippen LogP contribution in [-0.2, 0) is 13.8 Å². The molecular formula is C6H13O8P. The van der Waals surface area contributed by atoms with E-state index in [0.717, 1.165) is 0 Å². The van der Waals surface area contributed by atoms with Crippen molar-refractivity contribution >= 4 is 7.82 Å². The summed E-state index contributed by atoms with van der Waals surface area (Å²) in [5.41, 5.74) is 0. The van der Waals surface area contributed by atoms with Crippen LogP contribution in [0.25, 0.3) is 0 Å². The molecule has 0 spiro atoms. The largest absolute Gasteiger partial charge is 0.471 e. The summed E-state index contributed by atoms with van der Waals surface area (Å²) in [4.78, 5) is 17.0. The van der Waals surface area contributed by atoms with Gasteiger partial charge < -0.3 is 29.8 Å². The van der Waals surface area contributed by atoms with E-state index in [1.54, 1.807) is 0 Å². The molecule has 0 radical (unpaired) electrons. The van der Waals surface area contributed by atoms with Crippen LogP contribution in [0.1, 0.15) is 6.42 Å². The molecule has 0 aromatic heterocycles. The number of aliphatic hydroxyl groups excluding tert-OH is 3. The lowest BCUT2D eigenvalue weighted by Crippen LogP contribution is -2.50. The van der Waals surface area contributed by atoms with E-state index in [4.69, 9.17) is 19.6 Å². The molecule has 1 fully saturated rings. The van der Waals surface area contributed by atoms with Gasteiger partial charge in [-0.15, -0.1) is 0 Å². The van der Waals surface area contributed by atoms with Gasteiger partial charge in [0.2, 0.25) is 0 Å². The van der Waals surface area contributed by atoms with E-state index in [1.165, 1.54) is 0 Å². The fourth-order valence-corrected chi connectivity index (χ4v) is 1.73. The summed E-state index contributed by atoms with van der Waals surface area (Å²) < 4.78 is 19.5. The van der Waals surface area contributed by atoms with Crippen LogP contribution >= 0.6 is 7.82 Å². The van der Waals surface area contributed by atoms with E-state index >= 15 is 0 Å². The summed E-state index contributed by atoms with van der Waals surface area (Å²) in [6.45, 7) is -0.584. The van der Waals surface area contributed by atoms with Crippen molar-refractivity contribution < 1.29 is 38.9 Å². The minimum atomic E-state index is -4.72. The minimum Gasteiger partial charge on any atom is -0.394 e. The topological polar surface area (TPSA) is 137 Å². The molecule has 5 N–H and O–H groups in total. The molecule has 9 heteroatoms. The highest BCUT2D eigenvalue weighted by molar-refractivity contribution is 7.46. The SMILES string of the molecule is O=P(O)(O)O[C@@H]1C[C@H](O)[C@@H](O)[C@@H](CO)O1.